The van der Waals surface area contributed by atoms with Gasteiger partial charge in [0.2, 0.25) is 0 Å². The maximum Gasteiger partial charge on any atom is 0.0611 e. The van der Waals surface area contributed by atoms with Gasteiger partial charge in [0.15, 0.2) is 0 Å². The molecule has 0 heterocycles. The summed E-state index contributed by atoms with van der Waals surface area (Å²) in [4.78, 5) is 1.30. The van der Waals surface area contributed by atoms with Crippen LogP contribution >= 0.6 is 11.8 Å². The Kier molecular flexibility index (Phi) is 3.34. The van der Waals surface area contributed by atoms with Crippen molar-refractivity contribution in [1.29, 1.82) is 0 Å². The highest BCUT2D eigenvalue weighted by molar-refractivity contribution is 8.00. The Hall–Kier alpha value is -0.510. The minimum Gasteiger partial charge on any atom is -0.394 e. The van der Waals surface area contributed by atoms with Crippen LogP contribution in [0.2, 0.25) is 0 Å². The maximum atomic E-state index is 9.17. The van der Waals surface area contributed by atoms with E-state index in [-0.39, 0.29) is 12.1 Å². The molecule has 0 bridgehead atoms. The van der Waals surface area contributed by atoms with E-state index in [4.69, 9.17) is 5.73 Å². The van der Waals surface area contributed by atoms with Crippen LogP contribution in [0.4, 0.5) is 0 Å². The van der Waals surface area contributed by atoms with Gasteiger partial charge in [0.1, 0.15) is 0 Å². The fourth-order valence-corrected chi connectivity index (χ4v) is 3.39. The van der Waals surface area contributed by atoms with Gasteiger partial charge in [-0.2, -0.15) is 0 Å². The molecule has 2 nitrogen and oxygen atoms in total. The van der Waals surface area contributed by atoms with Gasteiger partial charge < -0.3 is 10.8 Å². The second-order valence-electron chi connectivity index (χ2n) is 4.32. The van der Waals surface area contributed by atoms with Crippen LogP contribution in [0.5, 0.6) is 0 Å². The topological polar surface area (TPSA) is 46.2 Å². The van der Waals surface area contributed by atoms with Crippen LogP contribution < -0.4 is 5.73 Å². The predicted octanol–water partition coefficient (Wildman–Crippen LogP) is 2.02. The van der Waals surface area contributed by atoms with E-state index in [1.807, 2.05) is 17.8 Å². The van der Waals surface area contributed by atoms with Crippen LogP contribution in [0.1, 0.15) is 19.3 Å². The molecule has 0 saturated heterocycles. The molecule has 0 aliphatic heterocycles. The highest BCUT2D eigenvalue weighted by Crippen LogP contribution is 2.38. The van der Waals surface area contributed by atoms with Gasteiger partial charge in [-0.05, 0) is 31.4 Å². The molecule has 0 aromatic heterocycles. The minimum atomic E-state index is -0.327. The molecule has 3 N–H and O–H groups in total. The lowest BCUT2D eigenvalue weighted by molar-refractivity contribution is 0.200. The van der Waals surface area contributed by atoms with Crippen molar-refractivity contribution in [2.24, 2.45) is 5.73 Å². The second kappa shape index (κ2) is 4.56. The molecule has 0 spiro atoms. The lowest BCUT2D eigenvalue weighted by Gasteiger charge is -2.20. The van der Waals surface area contributed by atoms with Gasteiger partial charge >= 0.3 is 0 Å². The average molecular weight is 223 g/mol. The highest BCUT2D eigenvalue weighted by Gasteiger charge is 2.35. The molecular weight excluding hydrogens is 206 g/mol. The van der Waals surface area contributed by atoms with Crippen LogP contribution in [-0.4, -0.2) is 22.5 Å². The van der Waals surface area contributed by atoms with Crippen molar-refractivity contribution in [1.82, 2.24) is 0 Å². The van der Waals surface area contributed by atoms with Crippen molar-refractivity contribution >= 4 is 11.8 Å². The Morgan fingerprint density at radius 3 is 2.73 bits per heavy atom. The van der Waals surface area contributed by atoms with Crippen molar-refractivity contribution in [2.75, 3.05) is 6.61 Å². The summed E-state index contributed by atoms with van der Waals surface area (Å²) in [7, 11) is 0. The van der Waals surface area contributed by atoms with Crippen LogP contribution in [0, 0.1) is 0 Å². The first-order valence-electron chi connectivity index (χ1n) is 5.33. The molecule has 1 saturated carbocycles. The molecule has 2 rings (SSSR count). The second-order valence-corrected chi connectivity index (χ2v) is 5.69. The average Bonchev–Trinajstić information content (AvgIpc) is 2.63. The summed E-state index contributed by atoms with van der Waals surface area (Å²) in [5.41, 5.74) is 5.71. The highest BCUT2D eigenvalue weighted by atomic mass is 32.2. The van der Waals surface area contributed by atoms with E-state index >= 15 is 0 Å². The van der Waals surface area contributed by atoms with Crippen molar-refractivity contribution in [2.45, 2.75) is 34.9 Å². The van der Waals surface area contributed by atoms with E-state index in [1.165, 1.54) is 4.90 Å². The summed E-state index contributed by atoms with van der Waals surface area (Å²) in [6.07, 6.45) is 2.97. The first-order chi connectivity index (χ1) is 7.22. The number of hydrogen-bond donors (Lipinski definition) is 2. The molecule has 1 aliphatic rings. The molecule has 1 fully saturated rings. The summed E-state index contributed by atoms with van der Waals surface area (Å²) in [5, 5.41) is 9.73. The van der Waals surface area contributed by atoms with Gasteiger partial charge in [0.25, 0.3) is 0 Å². The largest absolute Gasteiger partial charge is 0.394 e. The summed E-state index contributed by atoms with van der Waals surface area (Å²) >= 11 is 1.88. The van der Waals surface area contributed by atoms with Crippen LogP contribution in [0.15, 0.2) is 35.2 Å². The van der Waals surface area contributed by atoms with E-state index in [1.54, 1.807) is 0 Å². The monoisotopic (exact) mass is 223 g/mol. The Morgan fingerprint density at radius 1 is 1.40 bits per heavy atom. The number of thioether (sulfide) groups is 1. The lowest BCUT2D eigenvalue weighted by atomic mass is 10.0. The summed E-state index contributed by atoms with van der Waals surface area (Å²) in [6, 6.07) is 10.4. The van der Waals surface area contributed by atoms with Gasteiger partial charge in [0, 0.05) is 15.7 Å². The third-order valence-corrected chi connectivity index (χ3v) is 4.24. The fraction of sp³-hybridized carbons (Fsp3) is 0.500. The minimum absolute atomic E-state index is 0.110. The first kappa shape index (κ1) is 11.0. The molecule has 82 valence electrons. The van der Waals surface area contributed by atoms with Crippen molar-refractivity contribution < 1.29 is 5.11 Å². The van der Waals surface area contributed by atoms with Crippen LogP contribution in [0.3, 0.4) is 0 Å². The molecule has 1 aromatic carbocycles. The zero-order valence-corrected chi connectivity index (χ0v) is 9.54. The van der Waals surface area contributed by atoms with E-state index in [2.05, 4.69) is 24.3 Å². The lowest BCUT2D eigenvalue weighted by Crippen LogP contribution is -2.40. The molecule has 0 radical (unpaired) electrons. The Balaban J connectivity index is 1.93. The Bertz CT molecular complexity index is 317. The van der Waals surface area contributed by atoms with E-state index < -0.39 is 0 Å². The number of aliphatic hydroxyl groups excluding tert-OH is 1. The molecule has 1 aliphatic carbocycles. The van der Waals surface area contributed by atoms with Crippen LogP contribution in [0.25, 0.3) is 0 Å². The maximum absolute atomic E-state index is 9.17. The Labute approximate surface area is 94.9 Å². The van der Waals surface area contributed by atoms with Gasteiger partial charge in [0.05, 0.1) is 6.61 Å². The number of nitrogens with two attached hydrogens (primary N) is 1. The quantitative estimate of drug-likeness (QED) is 0.824. The van der Waals surface area contributed by atoms with Gasteiger partial charge in [-0.25, -0.2) is 0 Å². The molecule has 15 heavy (non-hydrogen) atoms. The SMILES string of the molecule is NC1(CO)CCC(Sc2ccccc2)C1. The van der Waals surface area contributed by atoms with Crippen molar-refractivity contribution in [3.05, 3.63) is 30.3 Å². The Morgan fingerprint density at radius 2 is 2.13 bits per heavy atom. The molecule has 2 unspecified atom stereocenters. The zero-order valence-electron chi connectivity index (χ0n) is 8.73. The van der Waals surface area contributed by atoms with E-state index in [9.17, 15) is 5.11 Å². The first-order valence-corrected chi connectivity index (χ1v) is 6.21. The summed E-state index contributed by atoms with van der Waals surface area (Å²) in [6.45, 7) is 0.110. The van der Waals surface area contributed by atoms with E-state index in [0.717, 1.165) is 19.3 Å². The molecular formula is C12H17NOS. The molecule has 0 amide bonds. The van der Waals surface area contributed by atoms with Crippen LogP contribution in [-0.2, 0) is 0 Å². The van der Waals surface area contributed by atoms with Crippen molar-refractivity contribution in [3.8, 4) is 0 Å². The summed E-state index contributed by atoms with van der Waals surface area (Å²) < 4.78 is 0. The van der Waals surface area contributed by atoms with Crippen molar-refractivity contribution in [3.63, 3.8) is 0 Å². The number of hydrogen-bond acceptors (Lipinski definition) is 3. The number of benzene rings is 1. The third kappa shape index (κ3) is 2.74. The van der Waals surface area contributed by atoms with Gasteiger partial charge in [-0.1, -0.05) is 18.2 Å². The predicted molar refractivity (Wildman–Crippen MR) is 63.9 cm³/mol. The normalized spacial score (nSPS) is 30.7. The molecule has 2 atom stereocenters. The fourth-order valence-electron chi connectivity index (χ4n) is 2.04. The smallest absolute Gasteiger partial charge is 0.0611 e. The molecule has 1 aromatic rings. The number of aliphatic hydroxyl groups is 1. The van der Waals surface area contributed by atoms with Gasteiger partial charge in [-0.15, -0.1) is 11.8 Å². The standard InChI is InChI=1S/C12H17NOS/c13-12(9-14)7-6-11(8-12)15-10-4-2-1-3-5-10/h1-5,11,14H,6-9,13H2. The molecule has 3 heteroatoms. The van der Waals surface area contributed by atoms with E-state index in [0.29, 0.717) is 5.25 Å². The van der Waals surface area contributed by atoms with Gasteiger partial charge in [-0.3, -0.25) is 0 Å². The third-order valence-electron chi connectivity index (χ3n) is 2.96. The zero-order chi connectivity index (χ0) is 10.7. The summed E-state index contributed by atoms with van der Waals surface area (Å²) in [5.74, 6) is 0. The number of rotatable bonds is 3.